The number of hydrogen-bond donors (Lipinski definition) is 1. The van der Waals surface area contributed by atoms with Gasteiger partial charge in [-0.25, -0.2) is 4.98 Å². The third-order valence-electron chi connectivity index (χ3n) is 7.90. The van der Waals surface area contributed by atoms with Crippen molar-refractivity contribution in [1.82, 2.24) is 19.4 Å². The van der Waals surface area contributed by atoms with E-state index in [9.17, 15) is 9.59 Å². The second-order valence-corrected chi connectivity index (χ2v) is 11.2. The van der Waals surface area contributed by atoms with Crippen LogP contribution in [0.1, 0.15) is 35.7 Å². The van der Waals surface area contributed by atoms with E-state index >= 15 is 0 Å². The number of carbonyl (C=O) groups is 2. The molecule has 0 spiro atoms. The smallest absolute Gasteiger partial charge is 0.254 e. The number of benzene rings is 3. The Hall–Kier alpha value is -4.67. The quantitative estimate of drug-likeness (QED) is 0.281. The first-order valence-corrected chi connectivity index (χ1v) is 15.0. The molecule has 228 valence electrons. The topological polar surface area (TPSA) is 98.2 Å². The van der Waals surface area contributed by atoms with Gasteiger partial charge in [0, 0.05) is 49.2 Å². The summed E-state index contributed by atoms with van der Waals surface area (Å²) in [7, 11) is 0. The Morgan fingerprint density at radius 3 is 2.45 bits per heavy atom. The zero-order valence-corrected chi connectivity index (χ0v) is 25.1. The summed E-state index contributed by atoms with van der Waals surface area (Å²) >= 11 is 0. The first kappa shape index (κ1) is 29.4. The van der Waals surface area contributed by atoms with Gasteiger partial charge in [-0.2, -0.15) is 0 Å². The van der Waals surface area contributed by atoms with E-state index in [4.69, 9.17) is 19.2 Å². The van der Waals surface area contributed by atoms with Crippen LogP contribution in [-0.4, -0.2) is 83.9 Å². The number of morpholine rings is 1. The molecule has 0 bridgehead atoms. The van der Waals surface area contributed by atoms with Gasteiger partial charge in [0.2, 0.25) is 18.6 Å². The summed E-state index contributed by atoms with van der Waals surface area (Å²) in [6, 6.07) is 23.2. The Morgan fingerprint density at radius 1 is 0.955 bits per heavy atom. The highest BCUT2D eigenvalue weighted by molar-refractivity contribution is 5.99. The Bertz CT molecular complexity index is 1600. The van der Waals surface area contributed by atoms with Crippen molar-refractivity contribution in [3.05, 3.63) is 90.1 Å². The molecule has 1 aromatic heterocycles. The van der Waals surface area contributed by atoms with Crippen molar-refractivity contribution in [3.8, 4) is 28.4 Å². The van der Waals surface area contributed by atoms with Crippen molar-refractivity contribution in [2.75, 3.05) is 58.0 Å². The van der Waals surface area contributed by atoms with E-state index in [1.165, 1.54) is 5.56 Å². The molecule has 0 aliphatic carbocycles. The fourth-order valence-electron chi connectivity index (χ4n) is 5.32. The summed E-state index contributed by atoms with van der Waals surface area (Å²) < 4.78 is 18.3. The predicted octanol–water partition coefficient (Wildman–Crippen LogP) is 4.80. The number of imidazole rings is 1. The second kappa shape index (κ2) is 13.3. The van der Waals surface area contributed by atoms with E-state index in [0.717, 1.165) is 30.0 Å². The fourth-order valence-corrected chi connectivity index (χ4v) is 5.32. The number of nitrogens with one attached hydrogen (secondary N) is 1. The van der Waals surface area contributed by atoms with Gasteiger partial charge in [0.1, 0.15) is 6.54 Å². The lowest BCUT2D eigenvalue weighted by molar-refractivity contribution is -0.117. The van der Waals surface area contributed by atoms with Gasteiger partial charge < -0.3 is 19.1 Å². The van der Waals surface area contributed by atoms with E-state index in [-0.39, 0.29) is 25.2 Å². The zero-order valence-electron chi connectivity index (χ0n) is 25.1. The van der Waals surface area contributed by atoms with Gasteiger partial charge in [-0.05, 0) is 41.8 Å². The van der Waals surface area contributed by atoms with Gasteiger partial charge in [0.25, 0.3) is 5.91 Å². The highest BCUT2D eigenvalue weighted by Crippen LogP contribution is 2.33. The SMILES string of the molecule is CC(C)c1ccc(-n2cc(-c3ccccc3)nc2NC(=O)CN(CCN2CCOCC2)C(=O)c2ccc3c(c2)OCO3)cc1. The van der Waals surface area contributed by atoms with Gasteiger partial charge in [-0.3, -0.25) is 24.4 Å². The van der Waals surface area contributed by atoms with Crippen molar-refractivity contribution >= 4 is 17.8 Å². The lowest BCUT2D eigenvalue weighted by Gasteiger charge is -2.30. The second-order valence-electron chi connectivity index (χ2n) is 11.2. The molecule has 10 nitrogen and oxygen atoms in total. The molecule has 1 saturated heterocycles. The summed E-state index contributed by atoms with van der Waals surface area (Å²) in [6.07, 6.45) is 1.92. The number of fused-ring (bicyclic) bond motifs is 1. The molecular formula is C34H37N5O5. The lowest BCUT2D eigenvalue weighted by atomic mass is 10.0. The highest BCUT2D eigenvalue weighted by Gasteiger charge is 2.24. The van der Waals surface area contributed by atoms with Gasteiger partial charge in [-0.1, -0.05) is 56.3 Å². The molecule has 0 saturated carbocycles. The van der Waals surface area contributed by atoms with E-state index in [1.54, 1.807) is 23.1 Å². The minimum absolute atomic E-state index is 0.119. The summed E-state index contributed by atoms with van der Waals surface area (Å²) in [5, 5.41) is 2.99. The first-order valence-electron chi connectivity index (χ1n) is 15.0. The average molecular weight is 596 g/mol. The third-order valence-corrected chi connectivity index (χ3v) is 7.90. The molecule has 0 atom stereocenters. The van der Waals surface area contributed by atoms with E-state index in [0.29, 0.717) is 55.2 Å². The van der Waals surface area contributed by atoms with Crippen LogP contribution >= 0.6 is 0 Å². The van der Waals surface area contributed by atoms with Crippen molar-refractivity contribution in [1.29, 1.82) is 0 Å². The number of rotatable bonds is 10. The molecule has 0 unspecified atom stereocenters. The summed E-state index contributed by atoms with van der Waals surface area (Å²) in [5.74, 6) is 1.30. The molecule has 0 radical (unpaired) electrons. The number of carbonyl (C=O) groups excluding carboxylic acids is 2. The molecule has 3 aromatic carbocycles. The van der Waals surface area contributed by atoms with E-state index in [1.807, 2.05) is 53.2 Å². The molecule has 4 aromatic rings. The van der Waals surface area contributed by atoms with E-state index < -0.39 is 0 Å². The first-order chi connectivity index (χ1) is 21.4. The van der Waals surface area contributed by atoms with Crippen LogP contribution in [-0.2, 0) is 9.53 Å². The molecular weight excluding hydrogens is 558 g/mol. The molecule has 3 heterocycles. The number of nitrogens with zero attached hydrogens (tertiary/aromatic N) is 4. The zero-order chi connectivity index (χ0) is 30.5. The minimum atomic E-state index is -0.341. The molecule has 2 amide bonds. The Balaban J connectivity index is 1.25. The third kappa shape index (κ3) is 6.77. The summed E-state index contributed by atoms with van der Waals surface area (Å²) in [6.45, 7) is 8.17. The maximum Gasteiger partial charge on any atom is 0.254 e. The highest BCUT2D eigenvalue weighted by atomic mass is 16.7. The molecule has 44 heavy (non-hydrogen) atoms. The summed E-state index contributed by atoms with van der Waals surface area (Å²) in [4.78, 5) is 36.0. The number of hydrogen-bond acceptors (Lipinski definition) is 7. The van der Waals surface area contributed by atoms with Crippen molar-refractivity contribution < 1.29 is 23.8 Å². The lowest BCUT2D eigenvalue weighted by Crippen LogP contribution is -2.45. The van der Waals surface area contributed by atoms with Crippen molar-refractivity contribution in [2.24, 2.45) is 0 Å². The van der Waals surface area contributed by atoms with Crippen molar-refractivity contribution in [3.63, 3.8) is 0 Å². The largest absolute Gasteiger partial charge is 0.454 e. The van der Waals surface area contributed by atoms with E-state index in [2.05, 4.69) is 36.2 Å². The molecule has 2 aliphatic rings. The number of aromatic nitrogens is 2. The van der Waals surface area contributed by atoms with Crippen molar-refractivity contribution in [2.45, 2.75) is 19.8 Å². The number of amides is 2. The van der Waals surface area contributed by atoms with Gasteiger partial charge in [0.05, 0.1) is 18.9 Å². The van der Waals surface area contributed by atoms with Crippen LogP contribution in [0.4, 0.5) is 5.95 Å². The van der Waals surface area contributed by atoms with Crippen LogP contribution in [0.15, 0.2) is 79.0 Å². The maximum atomic E-state index is 13.8. The molecule has 2 aliphatic heterocycles. The molecule has 1 N–H and O–H groups in total. The molecule has 1 fully saturated rings. The molecule has 10 heteroatoms. The standard InChI is InChI=1S/C34H37N5O5/c1-24(2)25-8-11-28(12-9-25)39-21-29(26-6-4-3-5-7-26)35-34(39)36-32(40)22-38(15-14-37-16-18-42-19-17-37)33(41)27-10-13-30-31(20-27)44-23-43-30/h3-13,20-21,24H,14-19,22-23H2,1-2H3,(H,35,36,40). The van der Waals surface area contributed by atoms with Gasteiger partial charge in [0.15, 0.2) is 11.5 Å². The Kier molecular flexibility index (Phi) is 8.90. The fraction of sp³-hybridized carbons (Fsp3) is 0.324. The van der Waals surface area contributed by atoms with Crippen LogP contribution in [0, 0.1) is 0 Å². The molecule has 6 rings (SSSR count). The normalized spacial score (nSPS) is 14.5. The van der Waals surface area contributed by atoms with Crippen LogP contribution < -0.4 is 14.8 Å². The Labute approximate surface area is 257 Å². The number of anilines is 1. The van der Waals surface area contributed by atoms with Crippen LogP contribution in [0.2, 0.25) is 0 Å². The van der Waals surface area contributed by atoms with Crippen LogP contribution in [0.3, 0.4) is 0 Å². The minimum Gasteiger partial charge on any atom is -0.454 e. The number of ether oxygens (including phenoxy) is 3. The van der Waals surface area contributed by atoms with Crippen LogP contribution in [0.5, 0.6) is 11.5 Å². The maximum absolute atomic E-state index is 13.8. The summed E-state index contributed by atoms with van der Waals surface area (Å²) in [5.41, 5.74) is 4.20. The van der Waals surface area contributed by atoms with Gasteiger partial charge >= 0.3 is 0 Å². The van der Waals surface area contributed by atoms with Gasteiger partial charge in [-0.15, -0.1) is 0 Å². The average Bonchev–Trinajstić information content (AvgIpc) is 3.70. The Morgan fingerprint density at radius 2 is 1.70 bits per heavy atom. The predicted molar refractivity (Wildman–Crippen MR) is 167 cm³/mol. The monoisotopic (exact) mass is 595 g/mol. The van der Waals surface area contributed by atoms with Crippen LogP contribution in [0.25, 0.3) is 16.9 Å².